The third-order valence-corrected chi connectivity index (χ3v) is 3.76. The van der Waals surface area contributed by atoms with Gasteiger partial charge in [-0.05, 0) is 11.1 Å². The number of hydrogen-bond donors (Lipinski definition) is 0. The van der Waals surface area contributed by atoms with Gasteiger partial charge in [-0.25, -0.2) is 4.79 Å². The Labute approximate surface area is 142 Å². The number of rotatable bonds is 3. The molecule has 7 heteroatoms. The second-order valence-corrected chi connectivity index (χ2v) is 5.53. The van der Waals surface area contributed by atoms with Crippen LogP contribution in [0, 0.1) is 0 Å². The summed E-state index contributed by atoms with van der Waals surface area (Å²) in [6.07, 6.45) is -6.46. The molecule has 1 amide bonds. The summed E-state index contributed by atoms with van der Waals surface area (Å²) >= 11 is 0. The van der Waals surface area contributed by atoms with E-state index < -0.39 is 30.7 Å². The Morgan fingerprint density at radius 2 is 1.68 bits per heavy atom. The molecule has 25 heavy (non-hydrogen) atoms. The Kier molecular flexibility index (Phi) is 4.74. The number of halogens is 3. The molecule has 1 aliphatic heterocycles. The molecular formula is C18H15F3N2O2. The number of carbonyl (C=O) groups is 1. The van der Waals surface area contributed by atoms with Crippen LogP contribution in [0.25, 0.3) is 0 Å². The summed E-state index contributed by atoms with van der Waals surface area (Å²) in [5, 5.41) is 0. The first-order chi connectivity index (χ1) is 11.9. The molecule has 0 bridgehead atoms. The Bertz CT molecular complexity index is 761. The fraction of sp³-hybridized carbons (Fsp3) is 0.222. The summed E-state index contributed by atoms with van der Waals surface area (Å²) in [5.41, 5.74) is 0.264. The van der Waals surface area contributed by atoms with Gasteiger partial charge in [0, 0.05) is 0 Å². The zero-order valence-corrected chi connectivity index (χ0v) is 13.1. The van der Waals surface area contributed by atoms with E-state index in [4.69, 9.17) is 4.74 Å². The second-order valence-electron chi connectivity index (χ2n) is 5.53. The van der Waals surface area contributed by atoms with E-state index in [-0.39, 0.29) is 6.61 Å². The summed E-state index contributed by atoms with van der Waals surface area (Å²) in [5.74, 6) is 0. The minimum atomic E-state index is -4.58. The van der Waals surface area contributed by atoms with Crippen molar-refractivity contribution in [3.05, 3.63) is 71.8 Å². The van der Waals surface area contributed by atoms with Crippen LogP contribution in [0.2, 0.25) is 0 Å². The monoisotopic (exact) mass is 348 g/mol. The van der Waals surface area contributed by atoms with Crippen LogP contribution < -0.4 is 0 Å². The van der Waals surface area contributed by atoms with Crippen molar-refractivity contribution in [1.82, 2.24) is 4.90 Å². The maximum absolute atomic E-state index is 13.0. The van der Waals surface area contributed by atoms with Gasteiger partial charge in [-0.2, -0.15) is 13.2 Å². The zero-order valence-electron chi connectivity index (χ0n) is 13.1. The number of hydrogen-bond acceptors (Lipinski definition) is 3. The zero-order chi connectivity index (χ0) is 17.9. The third-order valence-electron chi connectivity index (χ3n) is 3.76. The minimum Gasteiger partial charge on any atom is -0.444 e. The smallest absolute Gasteiger partial charge is 0.430 e. The lowest BCUT2D eigenvalue weighted by molar-refractivity contribution is -0.0598. The van der Waals surface area contributed by atoms with Crippen molar-refractivity contribution in [3.63, 3.8) is 0 Å². The Morgan fingerprint density at radius 1 is 1.08 bits per heavy atom. The molecule has 0 saturated carbocycles. The van der Waals surface area contributed by atoms with Gasteiger partial charge in [0.2, 0.25) is 0 Å². The van der Waals surface area contributed by atoms with Crippen LogP contribution in [0.5, 0.6) is 0 Å². The highest BCUT2D eigenvalue weighted by atomic mass is 19.4. The van der Waals surface area contributed by atoms with Crippen molar-refractivity contribution >= 4 is 11.8 Å². The molecule has 4 nitrogen and oxygen atoms in total. The average molecular weight is 348 g/mol. The molecule has 0 aliphatic carbocycles. The molecule has 1 aliphatic rings. The van der Waals surface area contributed by atoms with Gasteiger partial charge in [-0.1, -0.05) is 60.7 Å². The Hall–Kier alpha value is -2.83. The van der Waals surface area contributed by atoms with Crippen LogP contribution in [-0.4, -0.2) is 29.4 Å². The van der Waals surface area contributed by atoms with Crippen molar-refractivity contribution < 1.29 is 22.7 Å². The Balaban J connectivity index is 1.77. The Morgan fingerprint density at radius 3 is 2.28 bits per heavy atom. The highest BCUT2D eigenvalue weighted by molar-refractivity contribution is 5.95. The van der Waals surface area contributed by atoms with E-state index in [9.17, 15) is 18.0 Å². The van der Waals surface area contributed by atoms with Gasteiger partial charge in [-0.15, -0.1) is 0 Å². The van der Waals surface area contributed by atoms with Crippen molar-refractivity contribution in [1.29, 1.82) is 0 Å². The van der Waals surface area contributed by atoms with Crippen molar-refractivity contribution in [3.8, 4) is 0 Å². The number of aliphatic imine (C=N–C) groups is 1. The summed E-state index contributed by atoms with van der Waals surface area (Å²) in [6.45, 7) is -0.643. The second kappa shape index (κ2) is 6.96. The summed E-state index contributed by atoms with van der Waals surface area (Å²) in [6, 6.07) is 17.3. The quantitative estimate of drug-likeness (QED) is 0.828. The molecule has 1 atom stereocenters. The van der Waals surface area contributed by atoms with Crippen LogP contribution in [0.1, 0.15) is 17.3 Å². The lowest BCUT2D eigenvalue weighted by Crippen LogP contribution is -2.36. The summed E-state index contributed by atoms with van der Waals surface area (Å²) in [7, 11) is 0. The van der Waals surface area contributed by atoms with Gasteiger partial charge in [0.1, 0.15) is 12.3 Å². The molecule has 3 rings (SSSR count). The molecule has 0 fully saturated rings. The van der Waals surface area contributed by atoms with E-state index in [0.717, 1.165) is 10.5 Å². The van der Waals surface area contributed by atoms with Crippen molar-refractivity contribution in [2.75, 3.05) is 6.54 Å². The maximum atomic E-state index is 13.0. The predicted molar refractivity (Wildman–Crippen MR) is 86.0 cm³/mol. The molecule has 1 heterocycles. The molecule has 0 aromatic heterocycles. The van der Waals surface area contributed by atoms with Crippen LogP contribution in [-0.2, 0) is 11.3 Å². The van der Waals surface area contributed by atoms with Crippen LogP contribution in [0.4, 0.5) is 18.0 Å². The van der Waals surface area contributed by atoms with E-state index in [2.05, 4.69) is 4.99 Å². The number of carbonyl (C=O) groups excluding carboxylic acids is 1. The van der Waals surface area contributed by atoms with Gasteiger partial charge >= 0.3 is 12.3 Å². The first-order valence-electron chi connectivity index (χ1n) is 7.61. The van der Waals surface area contributed by atoms with Gasteiger partial charge < -0.3 is 4.74 Å². The average Bonchev–Trinajstić information content (AvgIpc) is 3.07. The fourth-order valence-electron chi connectivity index (χ4n) is 2.52. The molecule has 0 N–H and O–H groups in total. The van der Waals surface area contributed by atoms with Crippen LogP contribution in [0.3, 0.4) is 0 Å². The largest absolute Gasteiger partial charge is 0.444 e. The van der Waals surface area contributed by atoms with Crippen molar-refractivity contribution in [2.24, 2.45) is 4.99 Å². The minimum absolute atomic E-state index is 0.0148. The highest BCUT2D eigenvalue weighted by Gasteiger charge is 2.44. The number of alkyl halides is 3. The molecular weight excluding hydrogens is 333 g/mol. The molecule has 2 aromatic carbocycles. The molecule has 0 spiro atoms. The topological polar surface area (TPSA) is 41.9 Å². The number of benzene rings is 2. The van der Waals surface area contributed by atoms with Crippen molar-refractivity contribution in [2.45, 2.75) is 18.9 Å². The number of nitrogens with zero attached hydrogens (tertiary/aromatic N) is 2. The van der Waals surface area contributed by atoms with E-state index in [1.807, 2.05) is 6.07 Å². The number of ether oxygens (including phenoxy) is 1. The predicted octanol–water partition coefficient (Wildman–Crippen LogP) is 4.34. The SMILES string of the molecule is O=C(OCc1ccccc1)N1CC(C(F)(F)F)=NC1c1ccccc1. The summed E-state index contributed by atoms with van der Waals surface area (Å²) in [4.78, 5) is 17.0. The molecule has 0 radical (unpaired) electrons. The molecule has 130 valence electrons. The van der Waals surface area contributed by atoms with E-state index in [0.29, 0.717) is 5.56 Å². The van der Waals surface area contributed by atoms with Crippen LogP contribution >= 0.6 is 0 Å². The van der Waals surface area contributed by atoms with E-state index in [1.54, 1.807) is 54.6 Å². The van der Waals surface area contributed by atoms with E-state index in [1.165, 1.54) is 0 Å². The summed E-state index contributed by atoms with van der Waals surface area (Å²) < 4.78 is 44.3. The first-order valence-corrected chi connectivity index (χ1v) is 7.61. The standard InChI is InChI=1S/C18H15F3N2O2/c19-18(20,21)15-11-23(16(22-15)14-9-5-2-6-10-14)17(24)25-12-13-7-3-1-4-8-13/h1-10,16H,11-12H2. The van der Waals surface area contributed by atoms with Gasteiger partial charge in [-0.3, -0.25) is 9.89 Å². The molecule has 1 unspecified atom stereocenters. The van der Waals surface area contributed by atoms with Gasteiger partial charge in [0.15, 0.2) is 6.17 Å². The fourth-order valence-corrected chi connectivity index (χ4v) is 2.52. The van der Waals surface area contributed by atoms with E-state index >= 15 is 0 Å². The third kappa shape index (κ3) is 3.99. The van der Waals surface area contributed by atoms with Crippen LogP contribution in [0.15, 0.2) is 65.7 Å². The molecule has 0 saturated heterocycles. The normalized spacial score (nSPS) is 17.3. The number of amides is 1. The lowest BCUT2D eigenvalue weighted by Gasteiger charge is -2.23. The highest BCUT2D eigenvalue weighted by Crippen LogP contribution is 2.33. The van der Waals surface area contributed by atoms with Gasteiger partial charge in [0.25, 0.3) is 0 Å². The first kappa shape index (κ1) is 17.0. The molecule has 2 aromatic rings. The maximum Gasteiger partial charge on any atom is 0.430 e. The lowest BCUT2D eigenvalue weighted by atomic mass is 10.2. The van der Waals surface area contributed by atoms with Gasteiger partial charge in [0.05, 0.1) is 6.54 Å².